The van der Waals surface area contributed by atoms with Gasteiger partial charge in [-0.05, 0) is 62.1 Å². The third-order valence-corrected chi connectivity index (χ3v) is 7.98. The molecule has 4 aromatic rings. The number of alkyl halides is 3. The van der Waals surface area contributed by atoms with Crippen molar-refractivity contribution in [1.29, 1.82) is 0 Å². The number of rotatable bonds is 5. The van der Waals surface area contributed by atoms with Crippen molar-refractivity contribution in [2.24, 2.45) is 0 Å². The maximum Gasteiger partial charge on any atom is 0.399 e. The summed E-state index contributed by atoms with van der Waals surface area (Å²) in [6.45, 7) is 9.82. The maximum absolute atomic E-state index is 13.9. The van der Waals surface area contributed by atoms with Crippen molar-refractivity contribution in [3.63, 3.8) is 0 Å². The molecule has 7 nitrogen and oxygen atoms in total. The summed E-state index contributed by atoms with van der Waals surface area (Å²) >= 11 is 0. The number of nitrogens with one attached hydrogen (secondary N) is 2. The molecule has 0 amide bonds. The first-order chi connectivity index (χ1) is 18.4. The van der Waals surface area contributed by atoms with Gasteiger partial charge in [-0.3, -0.25) is 4.79 Å². The molecule has 2 aliphatic rings. The van der Waals surface area contributed by atoms with E-state index in [1.807, 2.05) is 19.9 Å². The van der Waals surface area contributed by atoms with Crippen LogP contribution in [-0.4, -0.2) is 32.1 Å². The van der Waals surface area contributed by atoms with Crippen LogP contribution in [0.25, 0.3) is 16.7 Å². The minimum atomic E-state index is -4.38. The summed E-state index contributed by atoms with van der Waals surface area (Å²) < 4.78 is 44.7. The molecule has 10 heteroatoms. The summed E-state index contributed by atoms with van der Waals surface area (Å²) in [6.07, 6.45) is -2.83. The van der Waals surface area contributed by atoms with Crippen LogP contribution in [0.2, 0.25) is 0 Å². The lowest BCUT2D eigenvalue weighted by Gasteiger charge is -2.33. The molecule has 0 unspecified atom stereocenters. The molecule has 0 radical (unpaired) electrons. The predicted octanol–water partition coefficient (Wildman–Crippen LogP) is 5.88. The first-order valence-corrected chi connectivity index (χ1v) is 13.2. The standard InChI is InChI=1S/C29H31F3N6O/c1-17(2)37-26(39)20-15-34-24(35-19-8-9-21-18(12-19)14-33-16-27(21,3)4)13-22(20)38(37)25-7-5-6-23(36-25)28(10-11-28)29(30,31)32/h5-9,12-13,15,17,33H,10-11,14,16H2,1-4H3,(H,34,35). The highest BCUT2D eigenvalue weighted by Gasteiger charge is 2.65. The molecular weight excluding hydrogens is 505 g/mol. The number of halogens is 3. The Morgan fingerprint density at radius 3 is 2.56 bits per heavy atom. The van der Waals surface area contributed by atoms with Crippen molar-refractivity contribution in [2.75, 3.05) is 11.9 Å². The van der Waals surface area contributed by atoms with E-state index in [1.165, 1.54) is 28.1 Å². The van der Waals surface area contributed by atoms with Gasteiger partial charge >= 0.3 is 6.18 Å². The smallest absolute Gasteiger partial charge is 0.340 e. The van der Waals surface area contributed by atoms with Gasteiger partial charge in [-0.15, -0.1) is 0 Å². The Labute approximate surface area is 224 Å². The molecular formula is C29H31F3N6O. The minimum Gasteiger partial charge on any atom is -0.340 e. The molecule has 0 spiro atoms. The fourth-order valence-electron chi connectivity index (χ4n) is 5.73. The van der Waals surface area contributed by atoms with E-state index in [4.69, 9.17) is 0 Å². The zero-order valence-electron chi connectivity index (χ0n) is 22.4. The van der Waals surface area contributed by atoms with E-state index in [2.05, 4.69) is 46.6 Å². The molecule has 1 saturated carbocycles. The van der Waals surface area contributed by atoms with Crippen LogP contribution < -0.4 is 16.2 Å². The second-order valence-corrected chi connectivity index (χ2v) is 11.6. The highest BCUT2D eigenvalue weighted by Crippen LogP contribution is 2.58. The highest BCUT2D eigenvalue weighted by atomic mass is 19.4. The van der Waals surface area contributed by atoms with Crippen LogP contribution in [0.4, 0.5) is 24.7 Å². The van der Waals surface area contributed by atoms with Crippen LogP contribution in [0.1, 0.15) is 63.4 Å². The SMILES string of the molecule is CC(C)n1c(=O)c2cnc(Nc3ccc4c(c3)CNCC4(C)C)cc2n1-c1cccc(C2(C(F)(F)F)CC2)n1. The van der Waals surface area contributed by atoms with E-state index in [1.54, 1.807) is 22.9 Å². The van der Waals surface area contributed by atoms with Gasteiger partial charge in [0.1, 0.15) is 11.2 Å². The minimum absolute atomic E-state index is 0.0157. The van der Waals surface area contributed by atoms with E-state index in [9.17, 15) is 18.0 Å². The fraction of sp³-hybridized carbons (Fsp3) is 0.414. The van der Waals surface area contributed by atoms with Crippen molar-refractivity contribution < 1.29 is 13.2 Å². The quantitative estimate of drug-likeness (QED) is 0.333. The summed E-state index contributed by atoms with van der Waals surface area (Å²) in [7, 11) is 0. The molecule has 1 fully saturated rings. The van der Waals surface area contributed by atoms with Gasteiger partial charge in [-0.2, -0.15) is 13.2 Å². The molecule has 1 aliphatic carbocycles. The molecule has 0 saturated heterocycles. The second-order valence-electron chi connectivity index (χ2n) is 11.6. The maximum atomic E-state index is 13.9. The number of benzene rings is 1. The largest absolute Gasteiger partial charge is 0.399 e. The zero-order valence-corrected chi connectivity index (χ0v) is 22.4. The number of aromatic nitrogens is 4. The van der Waals surface area contributed by atoms with Gasteiger partial charge in [0.25, 0.3) is 5.56 Å². The van der Waals surface area contributed by atoms with Crippen LogP contribution in [0.3, 0.4) is 0 Å². The average Bonchev–Trinajstić information content (AvgIpc) is 3.64. The Morgan fingerprint density at radius 2 is 1.87 bits per heavy atom. The Morgan fingerprint density at radius 1 is 1.10 bits per heavy atom. The van der Waals surface area contributed by atoms with Gasteiger partial charge in [-0.1, -0.05) is 26.0 Å². The van der Waals surface area contributed by atoms with Crippen molar-refractivity contribution in [3.8, 4) is 5.82 Å². The Balaban J connectivity index is 1.44. The molecule has 0 atom stereocenters. The van der Waals surface area contributed by atoms with Gasteiger partial charge in [0.05, 0.1) is 16.6 Å². The molecule has 2 N–H and O–H groups in total. The predicted molar refractivity (Wildman–Crippen MR) is 145 cm³/mol. The molecule has 39 heavy (non-hydrogen) atoms. The summed E-state index contributed by atoms with van der Waals surface area (Å²) in [5, 5.41) is 7.17. The van der Waals surface area contributed by atoms with Crippen LogP contribution in [-0.2, 0) is 17.4 Å². The first kappa shape index (κ1) is 25.6. The van der Waals surface area contributed by atoms with Gasteiger partial charge in [-0.25, -0.2) is 19.3 Å². The van der Waals surface area contributed by atoms with E-state index >= 15 is 0 Å². The lowest BCUT2D eigenvalue weighted by Crippen LogP contribution is -2.38. The van der Waals surface area contributed by atoms with Crippen molar-refractivity contribution in [3.05, 3.63) is 75.8 Å². The lowest BCUT2D eigenvalue weighted by atomic mass is 9.79. The molecule has 1 aromatic carbocycles. The van der Waals surface area contributed by atoms with Crippen molar-refractivity contribution in [2.45, 2.75) is 70.1 Å². The molecule has 3 aromatic heterocycles. The molecule has 204 valence electrons. The summed E-state index contributed by atoms with van der Waals surface area (Å²) in [5.74, 6) is 0.785. The van der Waals surface area contributed by atoms with Crippen LogP contribution >= 0.6 is 0 Å². The normalized spacial score (nSPS) is 17.8. The monoisotopic (exact) mass is 536 g/mol. The number of hydrogen-bond acceptors (Lipinski definition) is 5. The summed E-state index contributed by atoms with van der Waals surface area (Å²) in [5.41, 5.74) is 1.72. The van der Waals surface area contributed by atoms with E-state index < -0.39 is 11.6 Å². The fourth-order valence-corrected chi connectivity index (χ4v) is 5.73. The van der Waals surface area contributed by atoms with Crippen LogP contribution in [0.5, 0.6) is 0 Å². The van der Waals surface area contributed by atoms with E-state index in [0.29, 0.717) is 16.7 Å². The van der Waals surface area contributed by atoms with Crippen molar-refractivity contribution >= 4 is 22.4 Å². The van der Waals surface area contributed by atoms with Gasteiger partial charge in [0.2, 0.25) is 0 Å². The summed E-state index contributed by atoms with van der Waals surface area (Å²) in [4.78, 5) is 22.3. The first-order valence-electron chi connectivity index (χ1n) is 13.2. The van der Waals surface area contributed by atoms with Gasteiger partial charge < -0.3 is 10.6 Å². The van der Waals surface area contributed by atoms with Gasteiger partial charge in [0, 0.05) is 42.5 Å². The number of hydrogen-bond donors (Lipinski definition) is 2. The van der Waals surface area contributed by atoms with Gasteiger partial charge in [0.15, 0.2) is 5.82 Å². The topological polar surface area (TPSA) is 76.8 Å². The van der Waals surface area contributed by atoms with Crippen LogP contribution in [0, 0.1) is 0 Å². The number of pyridine rings is 2. The number of nitrogens with zero attached hydrogens (tertiary/aromatic N) is 4. The second kappa shape index (κ2) is 8.67. The molecule has 4 heterocycles. The molecule has 1 aliphatic heterocycles. The average molecular weight is 537 g/mol. The zero-order chi connectivity index (χ0) is 27.7. The highest BCUT2D eigenvalue weighted by molar-refractivity contribution is 5.82. The Hall–Kier alpha value is -3.66. The van der Waals surface area contributed by atoms with E-state index in [-0.39, 0.29) is 41.4 Å². The van der Waals surface area contributed by atoms with Crippen molar-refractivity contribution in [1.82, 2.24) is 24.6 Å². The molecule has 0 bridgehead atoms. The van der Waals surface area contributed by atoms with E-state index in [0.717, 1.165) is 18.8 Å². The molecule has 6 rings (SSSR count). The summed E-state index contributed by atoms with van der Waals surface area (Å²) in [6, 6.07) is 12.4. The third-order valence-electron chi connectivity index (χ3n) is 7.98. The number of fused-ring (bicyclic) bond motifs is 2. The lowest BCUT2D eigenvalue weighted by molar-refractivity contribution is -0.161. The third kappa shape index (κ3) is 4.12. The Kier molecular flexibility index (Phi) is 5.70. The number of anilines is 2. The Bertz CT molecular complexity index is 1650. The van der Waals surface area contributed by atoms with Crippen LogP contribution in [0.15, 0.2) is 53.5 Å².